The number of nitrogens with one attached hydrogen (secondary N) is 1. The molecule has 0 radical (unpaired) electrons. The second-order valence-electron chi connectivity index (χ2n) is 3.50. The first kappa shape index (κ1) is 11.8. The van der Waals surface area contributed by atoms with Gasteiger partial charge in [0.25, 0.3) is 0 Å². The fraction of sp³-hybridized carbons (Fsp3) is 0.0909. The van der Waals surface area contributed by atoms with Crippen molar-refractivity contribution in [1.82, 2.24) is 14.8 Å². The van der Waals surface area contributed by atoms with Crippen LogP contribution in [0.2, 0.25) is 0 Å². The third-order valence-electron chi connectivity index (χ3n) is 2.15. The van der Waals surface area contributed by atoms with Gasteiger partial charge in [-0.3, -0.25) is 10.2 Å². The van der Waals surface area contributed by atoms with Crippen LogP contribution in [0.3, 0.4) is 0 Å². The number of para-hydroxylation sites is 1. The van der Waals surface area contributed by atoms with E-state index in [-0.39, 0.29) is 17.6 Å². The monoisotopic (exact) mass is 244 g/mol. The van der Waals surface area contributed by atoms with Crippen molar-refractivity contribution in [2.24, 2.45) is 5.10 Å². The molecule has 18 heavy (non-hydrogen) atoms. The Bertz CT molecular complexity index is 574. The first-order chi connectivity index (χ1) is 8.68. The molecular weight excluding hydrogens is 232 g/mol. The molecular formula is C11H12N6O. The van der Waals surface area contributed by atoms with Crippen molar-refractivity contribution < 1.29 is 4.79 Å². The molecule has 0 fully saturated rings. The van der Waals surface area contributed by atoms with Crippen LogP contribution < -0.4 is 11.2 Å². The number of nitrogens with two attached hydrogens (primary N) is 1. The van der Waals surface area contributed by atoms with Crippen LogP contribution in [-0.4, -0.2) is 26.4 Å². The summed E-state index contributed by atoms with van der Waals surface area (Å²) in [6, 6.07) is 9.25. The summed E-state index contributed by atoms with van der Waals surface area (Å²) in [5, 5.41) is 7.83. The lowest BCUT2D eigenvalue weighted by molar-refractivity contribution is -0.111. The fourth-order valence-electron chi connectivity index (χ4n) is 1.32. The number of hydrogen-bond donors (Lipinski definition) is 2. The standard InChI is InChI=1S/C11H12N6O/c1-8(18)10(17-11(12)13-7-14-17)16-15-9-5-3-2-4-6-9/h2-7,15H,1H3,(H2,12,13,14)/b16-10+. The maximum atomic E-state index is 11.5. The molecule has 0 saturated heterocycles. The zero-order chi connectivity index (χ0) is 13.0. The number of hydrazone groups is 1. The lowest BCUT2D eigenvalue weighted by Gasteiger charge is -2.05. The van der Waals surface area contributed by atoms with Gasteiger partial charge < -0.3 is 5.73 Å². The molecule has 1 aromatic heterocycles. The molecule has 0 amide bonds. The van der Waals surface area contributed by atoms with Crippen LogP contribution in [0.5, 0.6) is 0 Å². The molecule has 2 aromatic rings. The van der Waals surface area contributed by atoms with Crippen molar-refractivity contribution in [3.8, 4) is 0 Å². The number of nitrogens with zero attached hydrogens (tertiary/aromatic N) is 4. The number of aromatic nitrogens is 3. The Hall–Kier alpha value is -2.70. The average molecular weight is 244 g/mol. The molecule has 0 unspecified atom stereocenters. The average Bonchev–Trinajstić information content (AvgIpc) is 2.77. The van der Waals surface area contributed by atoms with Crippen molar-refractivity contribution in [3.63, 3.8) is 0 Å². The first-order valence-corrected chi connectivity index (χ1v) is 5.24. The maximum absolute atomic E-state index is 11.5. The van der Waals surface area contributed by atoms with E-state index in [2.05, 4.69) is 20.6 Å². The van der Waals surface area contributed by atoms with Gasteiger partial charge in [0.05, 0.1) is 5.69 Å². The van der Waals surface area contributed by atoms with E-state index < -0.39 is 0 Å². The van der Waals surface area contributed by atoms with Gasteiger partial charge in [-0.15, -0.1) is 0 Å². The van der Waals surface area contributed by atoms with Gasteiger partial charge in [-0.05, 0) is 12.1 Å². The Kier molecular flexibility index (Phi) is 3.33. The topological polar surface area (TPSA) is 98.2 Å². The predicted octanol–water partition coefficient (Wildman–Crippen LogP) is 0.723. The van der Waals surface area contributed by atoms with Crippen LogP contribution in [0.25, 0.3) is 0 Å². The minimum atomic E-state index is -0.268. The molecule has 0 aliphatic carbocycles. The van der Waals surface area contributed by atoms with E-state index in [4.69, 9.17) is 5.73 Å². The summed E-state index contributed by atoms with van der Waals surface area (Å²) in [7, 11) is 0. The minimum Gasteiger partial charge on any atom is -0.368 e. The summed E-state index contributed by atoms with van der Waals surface area (Å²) >= 11 is 0. The molecule has 92 valence electrons. The second kappa shape index (κ2) is 5.09. The summed E-state index contributed by atoms with van der Waals surface area (Å²) in [6.45, 7) is 1.38. The predicted molar refractivity (Wildman–Crippen MR) is 68.0 cm³/mol. The third-order valence-corrected chi connectivity index (χ3v) is 2.15. The molecule has 1 heterocycles. The van der Waals surface area contributed by atoms with Crippen molar-refractivity contribution in [3.05, 3.63) is 36.7 Å². The van der Waals surface area contributed by atoms with Gasteiger partial charge in [-0.25, -0.2) is 0 Å². The number of anilines is 2. The minimum absolute atomic E-state index is 0.0776. The van der Waals surface area contributed by atoms with E-state index >= 15 is 0 Å². The highest BCUT2D eigenvalue weighted by atomic mass is 16.1. The molecule has 3 N–H and O–H groups in total. The fourth-order valence-corrected chi connectivity index (χ4v) is 1.32. The lowest BCUT2D eigenvalue weighted by Crippen LogP contribution is -2.24. The second-order valence-corrected chi connectivity index (χ2v) is 3.50. The summed E-state index contributed by atoms with van der Waals surface area (Å²) in [5.74, 6) is -0.0803. The highest BCUT2D eigenvalue weighted by Gasteiger charge is 2.13. The van der Waals surface area contributed by atoms with Crippen LogP contribution in [0.4, 0.5) is 11.6 Å². The zero-order valence-electron chi connectivity index (χ0n) is 9.74. The van der Waals surface area contributed by atoms with Gasteiger partial charge in [-0.1, -0.05) is 18.2 Å². The van der Waals surface area contributed by atoms with E-state index in [1.165, 1.54) is 17.9 Å². The van der Waals surface area contributed by atoms with Gasteiger partial charge in [-0.2, -0.15) is 19.9 Å². The molecule has 1 aromatic carbocycles. The van der Waals surface area contributed by atoms with Crippen molar-refractivity contribution in [2.45, 2.75) is 6.92 Å². The largest absolute Gasteiger partial charge is 0.368 e. The number of carbonyl (C=O) groups excluding carboxylic acids is 1. The van der Waals surface area contributed by atoms with Crippen LogP contribution in [-0.2, 0) is 4.79 Å². The maximum Gasteiger partial charge on any atom is 0.224 e. The van der Waals surface area contributed by atoms with E-state index in [9.17, 15) is 4.79 Å². The number of nitrogen functional groups attached to an aromatic ring is 1. The van der Waals surface area contributed by atoms with Crippen LogP contribution in [0.15, 0.2) is 41.8 Å². The Morgan fingerprint density at radius 1 is 1.39 bits per heavy atom. The van der Waals surface area contributed by atoms with E-state index in [0.717, 1.165) is 5.69 Å². The number of benzene rings is 1. The Balaban J connectivity index is 2.27. The number of hydrogen-bond acceptors (Lipinski definition) is 6. The number of Topliss-reactive ketones (excluding diaryl/α,β-unsaturated/α-hetero) is 1. The van der Waals surface area contributed by atoms with Crippen LogP contribution in [0, 0.1) is 0 Å². The smallest absolute Gasteiger partial charge is 0.224 e. The van der Waals surface area contributed by atoms with Gasteiger partial charge in [0.15, 0.2) is 5.78 Å². The molecule has 0 spiro atoms. The SMILES string of the molecule is CC(=O)/C(=N\Nc1ccccc1)n1ncnc1N. The lowest BCUT2D eigenvalue weighted by atomic mass is 10.3. The van der Waals surface area contributed by atoms with E-state index in [0.29, 0.717) is 0 Å². The third kappa shape index (κ3) is 2.51. The number of rotatable bonds is 3. The first-order valence-electron chi connectivity index (χ1n) is 5.24. The summed E-state index contributed by atoms with van der Waals surface area (Å²) < 4.78 is 1.18. The van der Waals surface area contributed by atoms with Crippen molar-refractivity contribution in [2.75, 3.05) is 11.2 Å². The van der Waals surface area contributed by atoms with Gasteiger partial charge in [0.1, 0.15) is 6.33 Å². The van der Waals surface area contributed by atoms with E-state index in [1.54, 1.807) is 0 Å². The quantitative estimate of drug-likeness (QED) is 0.471. The highest BCUT2D eigenvalue weighted by molar-refractivity contribution is 6.38. The van der Waals surface area contributed by atoms with Crippen LogP contribution >= 0.6 is 0 Å². The molecule has 7 nitrogen and oxygen atoms in total. The molecule has 2 rings (SSSR count). The molecule has 0 atom stereocenters. The van der Waals surface area contributed by atoms with Crippen molar-refractivity contribution in [1.29, 1.82) is 0 Å². The number of carbonyl (C=O) groups is 1. The van der Waals surface area contributed by atoms with Gasteiger partial charge >= 0.3 is 0 Å². The van der Waals surface area contributed by atoms with E-state index in [1.807, 2.05) is 30.3 Å². The molecule has 0 saturated carbocycles. The zero-order valence-corrected chi connectivity index (χ0v) is 9.74. The Morgan fingerprint density at radius 3 is 2.67 bits per heavy atom. The highest BCUT2D eigenvalue weighted by Crippen LogP contribution is 2.05. The van der Waals surface area contributed by atoms with Gasteiger partial charge in [0.2, 0.25) is 11.8 Å². The Morgan fingerprint density at radius 2 is 2.11 bits per heavy atom. The molecule has 0 bridgehead atoms. The summed E-state index contributed by atoms with van der Waals surface area (Å²) in [6.07, 6.45) is 1.26. The number of ketones is 1. The Labute approximate surface area is 103 Å². The molecule has 7 heteroatoms. The molecule has 0 aliphatic heterocycles. The normalized spacial score (nSPS) is 11.3. The van der Waals surface area contributed by atoms with Gasteiger partial charge in [0, 0.05) is 6.92 Å². The molecule has 0 aliphatic rings. The van der Waals surface area contributed by atoms with Crippen molar-refractivity contribution >= 4 is 23.3 Å². The van der Waals surface area contributed by atoms with Crippen LogP contribution in [0.1, 0.15) is 6.92 Å². The summed E-state index contributed by atoms with van der Waals surface area (Å²) in [5.41, 5.74) is 9.10. The summed E-state index contributed by atoms with van der Waals surface area (Å²) in [4.78, 5) is 15.2.